The third-order valence-electron chi connectivity index (χ3n) is 2.50. The van der Waals surface area contributed by atoms with Gasteiger partial charge in [-0.05, 0) is 44.0 Å². The summed E-state index contributed by atoms with van der Waals surface area (Å²) in [5.41, 5.74) is 7.95. The lowest BCUT2D eigenvalue weighted by atomic mass is 10.1. The Balaban J connectivity index is 2.27. The van der Waals surface area contributed by atoms with Crippen molar-refractivity contribution in [2.75, 3.05) is 17.6 Å². The van der Waals surface area contributed by atoms with Gasteiger partial charge in [-0.25, -0.2) is 0 Å². The smallest absolute Gasteiger partial charge is 0.226 e. The number of benzene rings is 1. The summed E-state index contributed by atoms with van der Waals surface area (Å²) in [6.07, 6.45) is 0. The highest BCUT2D eigenvalue weighted by Crippen LogP contribution is 2.24. The molecule has 0 fully saturated rings. The van der Waals surface area contributed by atoms with Crippen molar-refractivity contribution in [1.29, 1.82) is 0 Å². The summed E-state index contributed by atoms with van der Waals surface area (Å²) in [6.45, 7) is 6.80. The number of nitrogens with zero attached hydrogens (tertiary/aromatic N) is 2. The SMILES string of the molecule is CCNc1cc(Oc2cc(C)cc(C)c2)nc(N)n1. The van der Waals surface area contributed by atoms with Gasteiger partial charge in [0.15, 0.2) is 0 Å². The standard InChI is InChI=1S/C14H18N4O/c1-4-16-12-8-13(18-14(15)17-12)19-11-6-9(2)5-10(3)7-11/h5-8H,4H2,1-3H3,(H3,15,16,17,18). The molecule has 2 rings (SSSR count). The van der Waals surface area contributed by atoms with Crippen LogP contribution in [0.25, 0.3) is 0 Å². The van der Waals surface area contributed by atoms with E-state index in [1.165, 1.54) is 0 Å². The van der Waals surface area contributed by atoms with Crippen molar-refractivity contribution >= 4 is 11.8 Å². The minimum atomic E-state index is 0.192. The van der Waals surface area contributed by atoms with Gasteiger partial charge in [-0.15, -0.1) is 0 Å². The topological polar surface area (TPSA) is 73.1 Å². The van der Waals surface area contributed by atoms with Crippen molar-refractivity contribution in [3.63, 3.8) is 0 Å². The summed E-state index contributed by atoms with van der Waals surface area (Å²) in [5.74, 6) is 2.04. The summed E-state index contributed by atoms with van der Waals surface area (Å²) in [5, 5.41) is 3.09. The Bertz CT molecular complexity index is 563. The quantitative estimate of drug-likeness (QED) is 0.882. The maximum Gasteiger partial charge on any atom is 0.226 e. The summed E-state index contributed by atoms with van der Waals surface area (Å²) in [7, 11) is 0. The van der Waals surface area contributed by atoms with E-state index < -0.39 is 0 Å². The second kappa shape index (κ2) is 5.56. The van der Waals surface area contributed by atoms with Crippen LogP contribution in [0.5, 0.6) is 11.6 Å². The minimum Gasteiger partial charge on any atom is -0.439 e. The third kappa shape index (κ3) is 3.58. The largest absolute Gasteiger partial charge is 0.439 e. The second-order valence-electron chi connectivity index (χ2n) is 4.41. The van der Waals surface area contributed by atoms with Crippen LogP contribution in [0.4, 0.5) is 11.8 Å². The molecule has 1 aromatic carbocycles. The van der Waals surface area contributed by atoms with Crippen molar-refractivity contribution in [2.24, 2.45) is 0 Å². The van der Waals surface area contributed by atoms with Gasteiger partial charge in [0.2, 0.25) is 11.8 Å². The second-order valence-corrected chi connectivity index (χ2v) is 4.41. The summed E-state index contributed by atoms with van der Waals surface area (Å²) in [4.78, 5) is 8.15. The zero-order chi connectivity index (χ0) is 13.8. The van der Waals surface area contributed by atoms with Crippen molar-refractivity contribution in [3.8, 4) is 11.6 Å². The Labute approximate surface area is 112 Å². The zero-order valence-corrected chi connectivity index (χ0v) is 11.4. The number of nitrogen functional groups attached to an aromatic ring is 1. The predicted molar refractivity (Wildman–Crippen MR) is 76.6 cm³/mol. The number of aromatic nitrogens is 2. The van der Waals surface area contributed by atoms with Gasteiger partial charge in [0, 0.05) is 12.6 Å². The predicted octanol–water partition coefficient (Wildman–Crippen LogP) is 2.90. The molecule has 1 aromatic heterocycles. The number of hydrogen-bond acceptors (Lipinski definition) is 5. The maximum atomic E-state index is 5.74. The van der Waals surface area contributed by atoms with Gasteiger partial charge in [-0.3, -0.25) is 0 Å². The highest BCUT2D eigenvalue weighted by molar-refractivity contribution is 5.44. The van der Waals surface area contributed by atoms with Crippen LogP contribution in [-0.2, 0) is 0 Å². The highest BCUT2D eigenvalue weighted by atomic mass is 16.5. The average molecular weight is 258 g/mol. The molecule has 100 valence electrons. The van der Waals surface area contributed by atoms with Crippen molar-refractivity contribution < 1.29 is 4.74 Å². The van der Waals surface area contributed by atoms with Crippen LogP contribution in [0.15, 0.2) is 24.3 Å². The first-order valence-electron chi connectivity index (χ1n) is 6.21. The fraction of sp³-hybridized carbons (Fsp3) is 0.286. The lowest BCUT2D eigenvalue weighted by Gasteiger charge is -2.09. The fourth-order valence-electron chi connectivity index (χ4n) is 1.88. The van der Waals surface area contributed by atoms with E-state index in [1.54, 1.807) is 6.07 Å². The van der Waals surface area contributed by atoms with Crippen molar-refractivity contribution in [1.82, 2.24) is 9.97 Å². The number of nitrogens with two attached hydrogens (primary N) is 1. The molecule has 0 spiro atoms. The number of nitrogens with one attached hydrogen (secondary N) is 1. The van der Waals surface area contributed by atoms with Crippen LogP contribution in [0.1, 0.15) is 18.1 Å². The molecule has 5 heteroatoms. The van der Waals surface area contributed by atoms with E-state index in [4.69, 9.17) is 10.5 Å². The molecule has 0 atom stereocenters. The third-order valence-corrected chi connectivity index (χ3v) is 2.50. The number of ether oxygens (including phenoxy) is 1. The molecule has 0 amide bonds. The van der Waals surface area contributed by atoms with Crippen molar-refractivity contribution in [2.45, 2.75) is 20.8 Å². The Hall–Kier alpha value is -2.30. The molecule has 0 aliphatic carbocycles. The zero-order valence-electron chi connectivity index (χ0n) is 11.4. The number of aryl methyl sites for hydroxylation is 2. The minimum absolute atomic E-state index is 0.192. The molecule has 19 heavy (non-hydrogen) atoms. The molecule has 0 aliphatic heterocycles. The van der Waals surface area contributed by atoms with E-state index in [-0.39, 0.29) is 5.95 Å². The molecular weight excluding hydrogens is 240 g/mol. The first kappa shape index (κ1) is 13.1. The molecule has 1 heterocycles. The van der Waals surface area contributed by atoms with Crippen LogP contribution in [0, 0.1) is 13.8 Å². The van der Waals surface area contributed by atoms with E-state index in [9.17, 15) is 0 Å². The van der Waals surface area contributed by atoms with E-state index >= 15 is 0 Å². The lowest BCUT2D eigenvalue weighted by Crippen LogP contribution is -2.04. The van der Waals surface area contributed by atoms with Gasteiger partial charge in [-0.2, -0.15) is 9.97 Å². The van der Waals surface area contributed by atoms with E-state index in [0.29, 0.717) is 11.7 Å². The molecule has 0 aliphatic rings. The fourth-order valence-corrected chi connectivity index (χ4v) is 1.88. The molecule has 0 unspecified atom stereocenters. The first-order chi connectivity index (χ1) is 9.06. The van der Waals surface area contributed by atoms with Gasteiger partial charge >= 0.3 is 0 Å². The van der Waals surface area contributed by atoms with Crippen LogP contribution in [-0.4, -0.2) is 16.5 Å². The van der Waals surface area contributed by atoms with Crippen LogP contribution < -0.4 is 15.8 Å². The maximum absolute atomic E-state index is 5.74. The van der Waals surface area contributed by atoms with Gasteiger partial charge in [0.05, 0.1) is 0 Å². The Morgan fingerprint density at radius 1 is 1.11 bits per heavy atom. The monoisotopic (exact) mass is 258 g/mol. The average Bonchev–Trinajstić information content (AvgIpc) is 2.26. The lowest BCUT2D eigenvalue weighted by molar-refractivity contribution is 0.462. The van der Waals surface area contributed by atoms with Crippen molar-refractivity contribution in [3.05, 3.63) is 35.4 Å². The molecule has 0 radical (unpaired) electrons. The van der Waals surface area contributed by atoms with Gasteiger partial charge in [0.25, 0.3) is 0 Å². The normalized spacial score (nSPS) is 10.3. The molecule has 0 bridgehead atoms. The Morgan fingerprint density at radius 2 is 1.79 bits per heavy atom. The molecule has 3 N–H and O–H groups in total. The van der Waals surface area contributed by atoms with Crippen LogP contribution >= 0.6 is 0 Å². The number of rotatable bonds is 4. The van der Waals surface area contributed by atoms with Crippen LogP contribution in [0.3, 0.4) is 0 Å². The first-order valence-corrected chi connectivity index (χ1v) is 6.21. The van der Waals surface area contributed by atoms with Gasteiger partial charge < -0.3 is 15.8 Å². The summed E-state index contributed by atoms with van der Waals surface area (Å²) in [6, 6.07) is 7.74. The van der Waals surface area contributed by atoms with Gasteiger partial charge in [0.1, 0.15) is 11.6 Å². The summed E-state index contributed by atoms with van der Waals surface area (Å²) >= 11 is 0. The number of anilines is 2. The summed E-state index contributed by atoms with van der Waals surface area (Å²) < 4.78 is 5.74. The Morgan fingerprint density at radius 3 is 2.42 bits per heavy atom. The molecule has 0 saturated heterocycles. The van der Waals surface area contributed by atoms with E-state index in [2.05, 4.69) is 21.4 Å². The number of hydrogen-bond donors (Lipinski definition) is 2. The van der Waals surface area contributed by atoms with Crippen LogP contribution in [0.2, 0.25) is 0 Å². The Kier molecular flexibility index (Phi) is 3.85. The molecular formula is C14H18N4O. The van der Waals surface area contributed by atoms with E-state index in [0.717, 1.165) is 23.4 Å². The molecule has 0 saturated carbocycles. The van der Waals surface area contributed by atoms with E-state index in [1.807, 2.05) is 32.9 Å². The van der Waals surface area contributed by atoms with Gasteiger partial charge in [-0.1, -0.05) is 6.07 Å². The molecule has 2 aromatic rings. The highest BCUT2D eigenvalue weighted by Gasteiger charge is 2.05. The molecule has 5 nitrogen and oxygen atoms in total.